The van der Waals surface area contributed by atoms with Crippen LogP contribution in [0.3, 0.4) is 0 Å². The van der Waals surface area contributed by atoms with Crippen LogP contribution in [0, 0.1) is 5.82 Å². The first-order chi connectivity index (χ1) is 12.1. The van der Waals surface area contributed by atoms with Crippen molar-refractivity contribution >= 4 is 45.9 Å². The van der Waals surface area contributed by atoms with Crippen LogP contribution >= 0.6 is 23.1 Å². The number of anilines is 2. The van der Waals surface area contributed by atoms with Crippen LogP contribution < -0.4 is 16.0 Å². The van der Waals surface area contributed by atoms with Gasteiger partial charge in [-0.25, -0.2) is 9.18 Å². The van der Waals surface area contributed by atoms with Crippen LogP contribution in [0.4, 0.5) is 20.0 Å². The number of urea groups is 1. The number of nitrogens with zero attached hydrogens (tertiary/aromatic N) is 2. The summed E-state index contributed by atoms with van der Waals surface area (Å²) >= 11 is 2.42. The third-order valence-corrected chi connectivity index (χ3v) is 4.88. The van der Waals surface area contributed by atoms with E-state index in [1.165, 1.54) is 35.2 Å². The summed E-state index contributed by atoms with van der Waals surface area (Å²) in [4.78, 5) is 23.8. The van der Waals surface area contributed by atoms with E-state index in [9.17, 15) is 14.0 Å². The topological polar surface area (TPSA) is 96.0 Å². The largest absolute Gasteiger partial charge is 0.333 e. The minimum atomic E-state index is -0.541. The maximum absolute atomic E-state index is 13.2. The van der Waals surface area contributed by atoms with E-state index in [-0.39, 0.29) is 5.82 Å². The molecule has 0 aliphatic carbocycles. The Kier molecular flexibility index (Phi) is 6.54. The zero-order valence-corrected chi connectivity index (χ0v) is 16.4. The molecule has 2 aromatic rings. The van der Waals surface area contributed by atoms with Gasteiger partial charge in [-0.15, -0.1) is 10.2 Å². The quantitative estimate of drug-likeness (QED) is 0.668. The second-order valence-electron chi connectivity index (χ2n) is 6.46. The van der Waals surface area contributed by atoms with E-state index in [0.717, 1.165) is 0 Å². The van der Waals surface area contributed by atoms with E-state index >= 15 is 0 Å². The molecule has 10 heteroatoms. The Balaban J connectivity index is 1.89. The molecule has 1 aromatic heterocycles. The molecule has 140 valence electrons. The molecule has 0 aliphatic rings. The lowest BCUT2D eigenvalue weighted by Gasteiger charge is -2.20. The summed E-state index contributed by atoms with van der Waals surface area (Å²) < 4.78 is 13.7. The van der Waals surface area contributed by atoms with Gasteiger partial charge in [-0.1, -0.05) is 29.2 Å². The third kappa shape index (κ3) is 6.60. The van der Waals surface area contributed by atoms with Crippen molar-refractivity contribution in [3.05, 3.63) is 30.1 Å². The first-order valence-corrected chi connectivity index (χ1v) is 9.48. The van der Waals surface area contributed by atoms with Gasteiger partial charge < -0.3 is 10.6 Å². The summed E-state index contributed by atoms with van der Waals surface area (Å²) in [5.74, 6) is -0.778. The molecular formula is C16H20FN5O2S2. The number of nitrogens with one attached hydrogen (secondary N) is 3. The number of imide groups is 1. The fourth-order valence-electron chi connectivity index (χ4n) is 1.79. The number of benzene rings is 1. The number of hydrogen-bond acceptors (Lipinski definition) is 7. The Bertz CT molecular complexity index is 791. The molecule has 0 bridgehead atoms. The number of aromatic nitrogens is 2. The molecule has 0 saturated carbocycles. The lowest BCUT2D eigenvalue weighted by Crippen LogP contribution is -2.49. The van der Waals surface area contributed by atoms with Crippen LogP contribution in [-0.2, 0) is 4.79 Å². The summed E-state index contributed by atoms with van der Waals surface area (Å²) in [6, 6.07) is 5.45. The minimum absolute atomic E-state index is 0.354. The van der Waals surface area contributed by atoms with E-state index in [4.69, 9.17) is 0 Å². The highest BCUT2D eigenvalue weighted by molar-refractivity contribution is 8.02. The smallest absolute Gasteiger partial charge is 0.321 e. The average Bonchev–Trinajstić information content (AvgIpc) is 2.92. The molecule has 3 amide bonds. The Labute approximate surface area is 159 Å². The highest BCUT2D eigenvalue weighted by Gasteiger charge is 2.21. The molecule has 3 N–H and O–H groups in total. The van der Waals surface area contributed by atoms with Gasteiger partial charge in [0.15, 0.2) is 4.34 Å². The predicted octanol–water partition coefficient (Wildman–Crippen LogP) is 3.53. The second kappa shape index (κ2) is 8.45. The zero-order chi connectivity index (χ0) is 19.3. The molecule has 0 spiro atoms. The van der Waals surface area contributed by atoms with Crippen molar-refractivity contribution in [1.29, 1.82) is 0 Å². The number of rotatable bonds is 5. The van der Waals surface area contributed by atoms with Gasteiger partial charge in [0, 0.05) is 11.2 Å². The lowest BCUT2D eigenvalue weighted by atomic mass is 10.1. The summed E-state index contributed by atoms with van der Waals surface area (Å²) in [7, 11) is 0. The predicted molar refractivity (Wildman–Crippen MR) is 101 cm³/mol. The molecule has 0 unspecified atom stereocenters. The first-order valence-electron chi connectivity index (χ1n) is 7.78. The number of hydrogen-bond donors (Lipinski definition) is 3. The maximum atomic E-state index is 13.2. The van der Waals surface area contributed by atoms with Gasteiger partial charge in [-0.2, -0.15) is 0 Å². The number of amides is 3. The molecule has 1 heterocycles. The maximum Gasteiger partial charge on any atom is 0.321 e. The Morgan fingerprint density at radius 3 is 2.65 bits per heavy atom. The summed E-state index contributed by atoms with van der Waals surface area (Å²) in [6.07, 6.45) is 0. The SMILES string of the molecule is C[C@H](Sc1nnc(Nc2cccc(F)c2)s1)C(=O)NC(=O)NC(C)(C)C. The van der Waals surface area contributed by atoms with Crippen molar-refractivity contribution < 1.29 is 14.0 Å². The standard InChI is InChI=1S/C16H20FN5O2S2/c1-9(12(23)19-13(24)20-16(2,3)4)25-15-22-21-14(26-15)18-11-7-5-6-10(17)8-11/h5-9H,1-4H3,(H,18,21)(H2,19,20,23,24)/t9-/m0/s1. The van der Waals surface area contributed by atoms with E-state index in [1.54, 1.807) is 19.1 Å². The van der Waals surface area contributed by atoms with Crippen molar-refractivity contribution in [3.8, 4) is 0 Å². The highest BCUT2D eigenvalue weighted by atomic mass is 32.2. The van der Waals surface area contributed by atoms with Gasteiger partial charge >= 0.3 is 6.03 Å². The van der Waals surface area contributed by atoms with Crippen LogP contribution in [0.25, 0.3) is 0 Å². The fraction of sp³-hybridized carbons (Fsp3) is 0.375. The molecule has 0 radical (unpaired) electrons. The van der Waals surface area contributed by atoms with E-state index < -0.39 is 22.7 Å². The molecule has 2 rings (SSSR count). The Morgan fingerprint density at radius 2 is 2.00 bits per heavy atom. The van der Waals surface area contributed by atoms with Crippen LogP contribution in [-0.4, -0.2) is 32.9 Å². The minimum Gasteiger partial charge on any atom is -0.333 e. The van der Waals surface area contributed by atoms with Crippen molar-refractivity contribution in [2.45, 2.75) is 42.8 Å². The van der Waals surface area contributed by atoms with Crippen LogP contribution in [0.5, 0.6) is 0 Å². The fourth-order valence-corrected chi connectivity index (χ4v) is 3.70. The van der Waals surface area contributed by atoms with E-state index in [0.29, 0.717) is 15.2 Å². The molecule has 1 atom stereocenters. The average molecular weight is 398 g/mol. The van der Waals surface area contributed by atoms with Gasteiger partial charge in [-0.3, -0.25) is 10.1 Å². The Hall–Kier alpha value is -2.20. The first kappa shape index (κ1) is 20.1. The molecule has 26 heavy (non-hydrogen) atoms. The molecular weight excluding hydrogens is 377 g/mol. The highest BCUT2D eigenvalue weighted by Crippen LogP contribution is 2.30. The summed E-state index contributed by atoms with van der Waals surface area (Å²) in [6.45, 7) is 7.14. The van der Waals surface area contributed by atoms with Crippen molar-refractivity contribution in [1.82, 2.24) is 20.8 Å². The molecule has 0 aliphatic heterocycles. The van der Waals surface area contributed by atoms with Crippen molar-refractivity contribution in [3.63, 3.8) is 0 Å². The van der Waals surface area contributed by atoms with Gasteiger partial charge in [0.25, 0.3) is 0 Å². The summed E-state index contributed by atoms with van der Waals surface area (Å²) in [5, 5.41) is 15.8. The monoisotopic (exact) mass is 397 g/mol. The lowest BCUT2D eigenvalue weighted by molar-refractivity contribution is -0.119. The van der Waals surface area contributed by atoms with Gasteiger partial charge in [0.2, 0.25) is 11.0 Å². The van der Waals surface area contributed by atoms with Gasteiger partial charge in [-0.05, 0) is 45.9 Å². The number of carbonyl (C=O) groups excluding carboxylic acids is 2. The van der Waals surface area contributed by atoms with Crippen LogP contribution in [0.2, 0.25) is 0 Å². The van der Waals surface area contributed by atoms with E-state index in [2.05, 4.69) is 26.1 Å². The van der Waals surface area contributed by atoms with Crippen molar-refractivity contribution in [2.75, 3.05) is 5.32 Å². The number of carbonyl (C=O) groups is 2. The van der Waals surface area contributed by atoms with Crippen LogP contribution in [0.1, 0.15) is 27.7 Å². The second-order valence-corrected chi connectivity index (χ2v) is 9.03. The molecule has 0 saturated heterocycles. The number of halogens is 1. The Morgan fingerprint density at radius 1 is 1.27 bits per heavy atom. The molecule has 1 aromatic carbocycles. The summed E-state index contributed by atoms with van der Waals surface area (Å²) in [5.41, 5.74) is 0.125. The number of thioether (sulfide) groups is 1. The van der Waals surface area contributed by atoms with Crippen LogP contribution in [0.15, 0.2) is 28.6 Å². The zero-order valence-electron chi connectivity index (χ0n) is 14.8. The molecule has 7 nitrogen and oxygen atoms in total. The molecule has 0 fully saturated rings. The van der Waals surface area contributed by atoms with Gasteiger partial charge in [0.05, 0.1) is 5.25 Å². The van der Waals surface area contributed by atoms with Crippen molar-refractivity contribution in [2.24, 2.45) is 0 Å². The third-order valence-electron chi connectivity index (χ3n) is 2.85. The van der Waals surface area contributed by atoms with Gasteiger partial charge in [0.1, 0.15) is 5.82 Å². The normalized spacial score (nSPS) is 12.3. The van der Waals surface area contributed by atoms with E-state index in [1.807, 2.05) is 20.8 Å².